The zero-order valence-corrected chi connectivity index (χ0v) is 11.9. The molecule has 0 bridgehead atoms. The van der Waals surface area contributed by atoms with E-state index < -0.39 is 5.60 Å². The number of rotatable bonds is 1. The second kappa shape index (κ2) is 4.85. The van der Waals surface area contributed by atoms with Gasteiger partial charge in [0, 0.05) is 11.1 Å². The molecule has 0 spiro atoms. The van der Waals surface area contributed by atoms with Gasteiger partial charge in [-0.3, -0.25) is 4.90 Å². The van der Waals surface area contributed by atoms with Gasteiger partial charge in [0.05, 0.1) is 6.61 Å². The molecule has 1 aliphatic rings. The van der Waals surface area contributed by atoms with Crippen molar-refractivity contribution in [3.05, 3.63) is 16.1 Å². The summed E-state index contributed by atoms with van der Waals surface area (Å²) in [5, 5.41) is 2.87. The molecule has 5 nitrogen and oxygen atoms in total. The van der Waals surface area contributed by atoms with Gasteiger partial charge in [-0.1, -0.05) is 0 Å². The third kappa shape index (κ3) is 3.00. The van der Waals surface area contributed by atoms with Crippen LogP contribution in [0.5, 0.6) is 0 Å². The fourth-order valence-electron chi connectivity index (χ4n) is 1.67. The number of ether oxygens (including phenoxy) is 2. The maximum atomic E-state index is 12.1. The lowest BCUT2D eigenvalue weighted by atomic mass is 10.2. The summed E-state index contributed by atoms with van der Waals surface area (Å²) < 4.78 is 10.7. The van der Waals surface area contributed by atoms with E-state index in [1.807, 2.05) is 33.1 Å². The maximum Gasteiger partial charge on any atom is 0.412 e. The number of hydrogen-bond acceptors (Lipinski definition) is 5. The van der Waals surface area contributed by atoms with Gasteiger partial charge in [0.25, 0.3) is 0 Å². The van der Waals surface area contributed by atoms with Gasteiger partial charge >= 0.3 is 6.09 Å². The first-order valence-corrected chi connectivity index (χ1v) is 6.74. The number of aromatic nitrogens is 1. The second-order valence-electron chi connectivity index (χ2n) is 5.29. The molecular weight excluding hydrogens is 252 g/mol. The van der Waals surface area contributed by atoms with Gasteiger partial charge in [-0.2, -0.15) is 0 Å². The number of hydrogen-bond donors (Lipinski definition) is 0. The normalized spacial score (nSPS) is 20.2. The highest BCUT2D eigenvalue weighted by Crippen LogP contribution is 2.29. The number of carbonyl (C=O) groups excluding carboxylic acids is 1. The van der Waals surface area contributed by atoms with E-state index >= 15 is 0 Å². The van der Waals surface area contributed by atoms with E-state index in [1.54, 1.807) is 16.2 Å². The molecule has 0 aromatic carbocycles. The molecule has 1 fully saturated rings. The van der Waals surface area contributed by atoms with Crippen LogP contribution < -0.4 is 0 Å². The smallest absolute Gasteiger partial charge is 0.412 e. The van der Waals surface area contributed by atoms with Crippen molar-refractivity contribution < 1.29 is 14.3 Å². The molecule has 0 saturated carbocycles. The monoisotopic (exact) mass is 270 g/mol. The fraction of sp³-hybridized carbons (Fsp3) is 0.667. The van der Waals surface area contributed by atoms with Crippen LogP contribution in [0.1, 0.15) is 37.5 Å². The largest absolute Gasteiger partial charge is 0.444 e. The van der Waals surface area contributed by atoms with Gasteiger partial charge < -0.3 is 9.47 Å². The number of thiazole rings is 1. The Labute approximate surface area is 111 Å². The molecule has 1 aromatic rings. The Morgan fingerprint density at radius 1 is 1.61 bits per heavy atom. The summed E-state index contributed by atoms with van der Waals surface area (Å²) in [6.45, 7) is 8.23. The molecule has 0 N–H and O–H groups in total. The average molecular weight is 270 g/mol. The molecule has 0 aliphatic carbocycles. The molecule has 1 atom stereocenters. The van der Waals surface area contributed by atoms with Crippen LogP contribution in [0.25, 0.3) is 0 Å². The van der Waals surface area contributed by atoms with Crippen molar-refractivity contribution in [2.24, 2.45) is 0 Å². The van der Waals surface area contributed by atoms with E-state index in [0.29, 0.717) is 6.61 Å². The molecule has 0 radical (unpaired) electrons. The Bertz CT molecular complexity index is 439. The van der Waals surface area contributed by atoms with Crippen LogP contribution in [0.15, 0.2) is 5.38 Å². The van der Waals surface area contributed by atoms with Crippen molar-refractivity contribution >= 4 is 17.4 Å². The van der Waals surface area contributed by atoms with E-state index in [4.69, 9.17) is 9.47 Å². The lowest BCUT2D eigenvalue weighted by Gasteiger charge is -2.26. The zero-order valence-electron chi connectivity index (χ0n) is 11.1. The van der Waals surface area contributed by atoms with E-state index in [1.165, 1.54) is 0 Å². The summed E-state index contributed by atoms with van der Waals surface area (Å²) in [7, 11) is 0. The van der Waals surface area contributed by atoms with Crippen LogP contribution in [0.3, 0.4) is 0 Å². The number of aryl methyl sites for hydroxylation is 1. The Morgan fingerprint density at radius 2 is 2.33 bits per heavy atom. The Morgan fingerprint density at radius 3 is 2.89 bits per heavy atom. The molecule has 1 aliphatic heterocycles. The van der Waals surface area contributed by atoms with Gasteiger partial charge in [0.2, 0.25) is 0 Å². The maximum absolute atomic E-state index is 12.1. The number of amides is 1. The van der Waals surface area contributed by atoms with E-state index in [9.17, 15) is 4.79 Å². The van der Waals surface area contributed by atoms with Crippen molar-refractivity contribution in [2.45, 2.75) is 39.3 Å². The molecule has 1 unspecified atom stereocenters. The van der Waals surface area contributed by atoms with Gasteiger partial charge in [-0.05, 0) is 27.7 Å². The van der Waals surface area contributed by atoms with Gasteiger partial charge in [-0.25, -0.2) is 9.78 Å². The predicted molar refractivity (Wildman–Crippen MR) is 68.5 cm³/mol. The molecule has 2 rings (SSSR count). The Balaban J connectivity index is 2.10. The van der Waals surface area contributed by atoms with Crippen molar-refractivity contribution in [1.82, 2.24) is 9.88 Å². The molecule has 18 heavy (non-hydrogen) atoms. The van der Waals surface area contributed by atoms with Gasteiger partial charge in [0.15, 0.2) is 0 Å². The Kier molecular flexibility index (Phi) is 3.59. The molecule has 1 amide bonds. The third-order valence-corrected chi connectivity index (χ3v) is 3.50. The van der Waals surface area contributed by atoms with E-state index in [-0.39, 0.29) is 18.9 Å². The van der Waals surface area contributed by atoms with Gasteiger partial charge in [-0.15, -0.1) is 11.3 Å². The third-order valence-electron chi connectivity index (χ3n) is 2.43. The van der Waals surface area contributed by atoms with Crippen LogP contribution in [0.2, 0.25) is 0 Å². The highest BCUT2D eigenvalue weighted by Gasteiger charge is 2.35. The van der Waals surface area contributed by atoms with Gasteiger partial charge in [0.1, 0.15) is 23.4 Å². The molecule has 2 heterocycles. The summed E-state index contributed by atoms with van der Waals surface area (Å²) in [5.41, 5.74) is 0.467. The Hall–Kier alpha value is -1.14. The zero-order chi connectivity index (χ0) is 13.3. The lowest BCUT2D eigenvalue weighted by Crippen LogP contribution is -2.36. The van der Waals surface area contributed by atoms with Crippen molar-refractivity contribution in [3.63, 3.8) is 0 Å². The highest BCUT2D eigenvalue weighted by molar-refractivity contribution is 7.09. The first-order chi connectivity index (χ1) is 8.37. The highest BCUT2D eigenvalue weighted by atomic mass is 32.1. The SMILES string of the molecule is Cc1csc(C2COCN2C(=O)OC(C)(C)C)n1. The van der Waals surface area contributed by atoms with Crippen LogP contribution in [0.4, 0.5) is 4.79 Å². The van der Waals surface area contributed by atoms with E-state index in [0.717, 1.165) is 10.7 Å². The summed E-state index contributed by atoms with van der Waals surface area (Å²) in [6, 6.07) is -0.126. The number of nitrogens with zero attached hydrogens (tertiary/aromatic N) is 2. The summed E-state index contributed by atoms with van der Waals surface area (Å²) in [5.74, 6) is 0. The quantitative estimate of drug-likeness (QED) is 0.787. The topological polar surface area (TPSA) is 51.7 Å². The minimum Gasteiger partial charge on any atom is -0.444 e. The van der Waals surface area contributed by atoms with E-state index in [2.05, 4.69) is 4.98 Å². The summed E-state index contributed by atoms with van der Waals surface area (Å²) in [6.07, 6.45) is -0.349. The minimum absolute atomic E-state index is 0.126. The lowest BCUT2D eigenvalue weighted by molar-refractivity contribution is 0.0156. The summed E-state index contributed by atoms with van der Waals surface area (Å²) >= 11 is 1.55. The first kappa shape index (κ1) is 13.3. The molecule has 6 heteroatoms. The van der Waals surface area contributed by atoms with Crippen molar-refractivity contribution in [3.8, 4) is 0 Å². The molecular formula is C12H18N2O3S. The molecule has 1 aromatic heterocycles. The second-order valence-corrected chi connectivity index (χ2v) is 6.18. The average Bonchev–Trinajstić information content (AvgIpc) is 2.81. The van der Waals surface area contributed by atoms with Crippen LogP contribution in [-0.4, -0.2) is 34.9 Å². The van der Waals surface area contributed by atoms with Crippen LogP contribution in [-0.2, 0) is 9.47 Å². The standard InChI is InChI=1S/C12H18N2O3S/c1-8-6-18-10(13-8)9-5-16-7-14(9)11(15)17-12(2,3)4/h6,9H,5,7H2,1-4H3. The van der Waals surface area contributed by atoms with Crippen LogP contribution >= 0.6 is 11.3 Å². The van der Waals surface area contributed by atoms with Crippen molar-refractivity contribution in [2.75, 3.05) is 13.3 Å². The predicted octanol–water partition coefficient (Wildman–Crippen LogP) is 2.72. The molecule has 100 valence electrons. The minimum atomic E-state index is -0.497. The van der Waals surface area contributed by atoms with Crippen LogP contribution in [0, 0.1) is 6.92 Å². The van der Waals surface area contributed by atoms with Crippen molar-refractivity contribution in [1.29, 1.82) is 0 Å². The fourth-order valence-corrected chi connectivity index (χ4v) is 2.57. The molecule has 1 saturated heterocycles. The summed E-state index contributed by atoms with van der Waals surface area (Å²) in [4.78, 5) is 18.0. The first-order valence-electron chi connectivity index (χ1n) is 5.86. The number of carbonyl (C=O) groups is 1.